The Morgan fingerprint density at radius 1 is 0.591 bits per heavy atom. The molecule has 2 unspecified atom stereocenters. The van der Waals surface area contributed by atoms with Crippen LogP contribution in [-0.2, 0) is 26.2 Å². The largest absolute Gasteiger partial charge is 2.00 e. The van der Waals surface area contributed by atoms with Crippen molar-refractivity contribution >= 4 is 57.6 Å². The third-order valence-electron chi connectivity index (χ3n) is 11.3. The van der Waals surface area contributed by atoms with Crippen LogP contribution in [0.25, 0.3) is 23.3 Å². The molecule has 0 heterocycles. The fourth-order valence-electron chi connectivity index (χ4n) is 8.05. The average molecular weight is 730 g/mol. The number of rotatable bonds is 2. The van der Waals surface area contributed by atoms with Crippen molar-refractivity contribution < 1.29 is 26.2 Å². The third kappa shape index (κ3) is 8.54. The first-order valence-corrected chi connectivity index (χ1v) is 19.0. The molecule has 2 atom stereocenters. The van der Waals surface area contributed by atoms with Gasteiger partial charge in [0.25, 0.3) is 0 Å². The second-order valence-electron chi connectivity index (χ2n) is 14.4. The van der Waals surface area contributed by atoms with Crippen LogP contribution in [0.3, 0.4) is 0 Å². The topological polar surface area (TPSA) is 0 Å². The molecule has 0 spiro atoms. The Kier molecular flexibility index (Phi) is 16.7. The number of fused-ring (bicyclic) bond motifs is 2. The molecule has 1 radical (unpaired) electrons. The van der Waals surface area contributed by atoms with E-state index in [-0.39, 0.29) is 61.8 Å². The molecular weight excluding hydrogens is 671 g/mol. The Hall–Kier alpha value is -0.400. The molecule has 2 saturated carbocycles. The zero-order valence-corrected chi connectivity index (χ0v) is 34.6. The van der Waals surface area contributed by atoms with Crippen LogP contribution in [0, 0.1) is 48.3 Å². The van der Waals surface area contributed by atoms with E-state index in [1.807, 2.05) is 0 Å². The molecule has 44 heavy (non-hydrogen) atoms. The fraction of sp³-hybridized carbons (Fsp3) is 0.600. The van der Waals surface area contributed by atoms with Crippen LogP contribution in [0.4, 0.5) is 0 Å². The molecular formula is C40H59Cl2SiZr. The van der Waals surface area contributed by atoms with Gasteiger partial charge in [0.05, 0.1) is 0 Å². The Labute approximate surface area is 304 Å². The van der Waals surface area contributed by atoms with Gasteiger partial charge in [-0.15, -0.1) is 70.7 Å². The van der Waals surface area contributed by atoms with Gasteiger partial charge in [-0.1, -0.05) is 132 Å². The Morgan fingerprint density at radius 2 is 0.886 bits per heavy atom. The van der Waals surface area contributed by atoms with E-state index in [0.29, 0.717) is 0 Å². The molecule has 0 amide bonds. The molecule has 6 rings (SSSR count). The Balaban J connectivity index is 0.000000380. The van der Waals surface area contributed by atoms with Crippen molar-refractivity contribution in [2.45, 2.75) is 120 Å². The van der Waals surface area contributed by atoms with Gasteiger partial charge in [-0.2, -0.15) is 33.7 Å². The van der Waals surface area contributed by atoms with E-state index >= 15 is 0 Å². The third-order valence-corrected chi connectivity index (χ3v) is 11.3. The van der Waals surface area contributed by atoms with Crippen LogP contribution < -0.4 is 20.9 Å². The van der Waals surface area contributed by atoms with Crippen molar-refractivity contribution in [1.29, 1.82) is 0 Å². The van der Waals surface area contributed by atoms with Gasteiger partial charge in [-0.3, -0.25) is 0 Å². The summed E-state index contributed by atoms with van der Waals surface area (Å²) in [6.07, 6.45) is 18.8. The first-order valence-electron chi connectivity index (χ1n) is 16.6. The van der Waals surface area contributed by atoms with Gasteiger partial charge in [0, 0.05) is 9.52 Å². The molecule has 0 N–H and O–H groups in total. The zero-order valence-electron chi connectivity index (χ0n) is 29.3. The first kappa shape index (κ1) is 41.6. The average Bonchev–Trinajstić information content (AvgIpc) is 3.38. The van der Waals surface area contributed by atoms with Crippen LogP contribution in [0.2, 0.25) is 13.1 Å². The quantitative estimate of drug-likeness (QED) is 0.215. The van der Waals surface area contributed by atoms with E-state index < -0.39 is 0 Å². The van der Waals surface area contributed by atoms with E-state index in [9.17, 15) is 0 Å². The Morgan fingerprint density at radius 3 is 1.16 bits per heavy atom. The minimum Gasteiger partial charge on any atom is -0.190 e. The Bertz CT molecular complexity index is 1350. The summed E-state index contributed by atoms with van der Waals surface area (Å²) in [6.45, 7) is 23.1. The van der Waals surface area contributed by atoms with E-state index in [1.54, 1.807) is 11.1 Å². The summed E-state index contributed by atoms with van der Waals surface area (Å²) in [4.78, 5) is 0. The molecule has 0 aromatic heterocycles. The summed E-state index contributed by atoms with van der Waals surface area (Å²) in [7, 11) is 0.750. The van der Waals surface area contributed by atoms with Gasteiger partial charge in [-0.25, -0.2) is 0 Å². The molecule has 0 nitrogen and oxygen atoms in total. The molecule has 0 saturated heterocycles. The predicted molar refractivity (Wildman–Crippen MR) is 198 cm³/mol. The van der Waals surface area contributed by atoms with E-state index in [1.165, 1.54) is 83.4 Å². The molecule has 2 aromatic rings. The summed E-state index contributed by atoms with van der Waals surface area (Å²) in [5.74, 6) is 3.42. The monoisotopic (exact) mass is 727 g/mol. The molecule has 241 valence electrons. The van der Waals surface area contributed by atoms with Crippen LogP contribution in [0.5, 0.6) is 0 Å². The molecule has 4 aliphatic rings. The van der Waals surface area contributed by atoms with Crippen molar-refractivity contribution in [1.82, 2.24) is 0 Å². The van der Waals surface area contributed by atoms with Gasteiger partial charge < -0.3 is 0 Å². The molecule has 0 bridgehead atoms. The van der Waals surface area contributed by atoms with E-state index in [2.05, 4.69) is 117 Å². The van der Waals surface area contributed by atoms with Crippen LogP contribution in [0.15, 0.2) is 36.4 Å². The molecule has 2 fully saturated rings. The normalized spacial score (nSPS) is 29.8. The molecule has 4 heteroatoms. The van der Waals surface area contributed by atoms with Crippen molar-refractivity contribution in [3.8, 4) is 0 Å². The van der Waals surface area contributed by atoms with Gasteiger partial charge >= 0.3 is 26.2 Å². The number of hydrogen-bond acceptors (Lipinski definition) is 0. The van der Waals surface area contributed by atoms with Crippen molar-refractivity contribution in [2.24, 2.45) is 34.5 Å². The maximum Gasteiger partial charge on any atom is 2.00 e. The number of halogens is 2. The summed E-state index contributed by atoms with van der Waals surface area (Å²) < 4.78 is 0. The molecule has 0 aliphatic heterocycles. The van der Waals surface area contributed by atoms with Crippen molar-refractivity contribution in [3.63, 3.8) is 0 Å². The van der Waals surface area contributed by atoms with Crippen molar-refractivity contribution in [3.05, 3.63) is 68.4 Å². The van der Waals surface area contributed by atoms with E-state index in [0.717, 1.165) is 33.2 Å². The van der Waals surface area contributed by atoms with Gasteiger partial charge in [0.2, 0.25) is 0 Å². The summed E-state index contributed by atoms with van der Waals surface area (Å²) in [6, 6.07) is 13.4. The van der Waals surface area contributed by atoms with Gasteiger partial charge in [0.15, 0.2) is 0 Å². The van der Waals surface area contributed by atoms with Crippen LogP contribution in [-0.4, -0.2) is 9.52 Å². The fourth-order valence-corrected chi connectivity index (χ4v) is 8.05. The smallest absolute Gasteiger partial charge is 0.190 e. The maximum absolute atomic E-state index is 3.88. The zero-order chi connectivity index (χ0) is 29.9. The first-order chi connectivity index (χ1) is 19.5. The second-order valence-corrected chi connectivity index (χ2v) is 15.5. The standard InChI is InChI=1S/2C19H25.C2H7Si.2ClH.Zr/c2*1-13-8-10-16(11-9-13)19(4)12-18-14(2)6-5-7-17(18)15(19)3;1-3-2;;;/h2*5-7,13,16H,8-11H2,1-4H3;3H,1-2H3;2*1H;/q2*-1;;;;+2. The number of benzene rings is 2. The minimum atomic E-state index is 0. The summed E-state index contributed by atoms with van der Waals surface area (Å²) in [5, 5.41) is 5.64. The summed E-state index contributed by atoms with van der Waals surface area (Å²) >= 11 is 0. The van der Waals surface area contributed by atoms with Gasteiger partial charge in [-0.05, 0) is 34.5 Å². The van der Waals surface area contributed by atoms with Crippen LogP contribution >= 0.6 is 24.8 Å². The number of hydrogen-bond donors (Lipinski definition) is 0. The summed E-state index contributed by atoms with van der Waals surface area (Å²) in [5.41, 5.74) is 6.20. The molecule has 4 aliphatic carbocycles. The van der Waals surface area contributed by atoms with Crippen molar-refractivity contribution in [2.75, 3.05) is 0 Å². The molecule has 2 aromatic carbocycles. The maximum atomic E-state index is 3.88. The minimum absolute atomic E-state index is 0. The van der Waals surface area contributed by atoms with Crippen LogP contribution in [0.1, 0.15) is 104 Å². The van der Waals surface area contributed by atoms with Gasteiger partial charge in [0.1, 0.15) is 0 Å². The van der Waals surface area contributed by atoms with E-state index in [4.69, 9.17) is 0 Å². The second kappa shape index (κ2) is 17.7. The number of aryl methyl sites for hydroxylation is 2. The SMILES string of the molecule is CC1=c2cccc(C)c2=[C-]C1(C)C1CCC(C)CC1.CC1=c2cccc(C)c2=[C-]C1(C)C1CCC(C)CC1.C[SiH]C.Cl.Cl.[Zr+2]. The predicted octanol–water partition coefficient (Wildman–Crippen LogP) is 8.70.